The predicted molar refractivity (Wildman–Crippen MR) is 91.9 cm³/mol. The van der Waals surface area contributed by atoms with E-state index in [-0.39, 0.29) is 31.0 Å². The van der Waals surface area contributed by atoms with Crippen LogP contribution in [0.25, 0.3) is 0 Å². The Morgan fingerprint density at radius 3 is 2.52 bits per heavy atom. The first-order valence-corrected chi connectivity index (χ1v) is 10.2. The Morgan fingerprint density at radius 2 is 2.00 bits per heavy atom. The second-order valence-corrected chi connectivity index (χ2v) is 9.92. The summed E-state index contributed by atoms with van der Waals surface area (Å²) >= 11 is 0. The lowest BCUT2D eigenvalue weighted by molar-refractivity contribution is -0.130. The van der Waals surface area contributed by atoms with Gasteiger partial charge in [0.05, 0.1) is 24.4 Å². The van der Waals surface area contributed by atoms with E-state index in [2.05, 4.69) is 5.32 Å². The van der Waals surface area contributed by atoms with Crippen molar-refractivity contribution in [1.82, 2.24) is 14.5 Å². The molecular formula is C16H27FN4O3S. The summed E-state index contributed by atoms with van der Waals surface area (Å²) in [5.41, 5.74) is -0.352. The molecule has 2 aliphatic heterocycles. The fourth-order valence-electron chi connectivity index (χ4n) is 3.28. The molecule has 2 saturated heterocycles. The van der Waals surface area contributed by atoms with Crippen molar-refractivity contribution in [2.75, 3.05) is 26.2 Å². The first-order chi connectivity index (χ1) is 11.6. The highest BCUT2D eigenvalue weighted by atomic mass is 32.2. The monoisotopic (exact) mass is 374 g/mol. The van der Waals surface area contributed by atoms with E-state index in [0.717, 1.165) is 0 Å². The third kappa shape index (κ3) is 4.49. The zero-order valence-corrected chi connectivity index (χ0v) is 15.9. The Labute approximate surface area is 149 Å². The molecule has 2 heterocycles. The van der Waals surface area contributed by atoms with Gasteiger partial charge in [-0.1, -0.05) is 0 Å². The zero-order chi connectivity index (χ0) is 18.8. The van der Waals surface area contributed by atoms with Crippen molar-refractivity contribution in [2.45, 2.75) is 63.0 Å². The minimum absolute atomic E-state index is 0.0261. The number of hydrogen-bond donors (Lipinski definition) is 1. The summed E-state index contributed by atoms with van der Waals surface area (Å²) in [6, 6.07) is 1.27. The van der Waals surface area contributed by atoms with Crippen LogP contribution in [0.5, 0.6) is 0 Å². The van der Waals surface area contributed by atoms with E-state index in [1.807, 2.05) is 13.0 Å². The van der Waals surface area contributed by atoms with Gasteiger partial charge < -0.3 is 10.2 Å². The van der Waals surface area contributed by atoms with E-state index >= 15 is 0 Å². The molecule has 1 N–H and O–H groups in total. The van der Waals surface area contributed by atoms with Gasteiger partial charge in [0.2, 0.25) is 15.9 Å². The lowest BCUT2D eigenvalue weighted by Crippen LogP contribution is -2.55. The standard InChI is InChI=1S/C16H27FN4O3S/c1-12(2)25(23,24)20-6-4-16(3,5-7-20)19-10-15(22)21-11-13(17)8-14(21)9-18/h12-14,19H,4-8,10-11H2,1-3H3/t13-,14-/m0/s1. The number of rotatable bonds is 5. The van der Waals surface area contributed by atoms with Gasteiger partial charge in [-0.05, 0) is 33.6 Å². The molecule has 0 aromatic carbocycles. The van der Waals surface area contributed by atoms with Gasteiger partial charge in [-0.15, -0.1) is 0 Å². The summed E-state index contributed by atoms with van der Waals surface area (Å²) in [4.78, 5) is 13.6. The molecule has 0 spiro atoms. The van der Waals surface area contributed by atoms with Crippen molar-refractivity contribution in [2.24, 2.45) is 0 Å². The van der Waals surface area contributed by atoms with Crippen LogP contribution >= 0.6 is 0 Å². The van der Waals surface area contributed by atoms with E-state index in [0.29, 0.717) is 25.9 Å². The van der Waals surface area contributed by atoms with Crippen LogP contribution < -0.4 is 5.32 Å². The van der Waals surface area contributed by atoms with Crippen LogP contribution in [0.15, 0.2) is 0 Å². The van der Waals surface area contributed by atoms with Crippen LogP contribution in [-0.4, -0.2) is 72.7 Å². The van der Waals surface area contributed by atoms with Crippen LogP contribution in [0.2, 0.25) is 0 Å². The van der Waals surface area contributed by atoms with Crippen molar-refractivity contribution >= 4 is 15.9 Å². The largest absolute Gasteiger partial charge is 0.323 e. The highest BCUT2D eigenvalue weighted by molar-refractivity contribution is 7.89. The number of piperidine rings is 1. The number of nitrogens with one attached hydrogen (secondary N) is 1. The number of hydrogen-bond acceptors (Lipinski definition) is 5. The highest BCUT2D eigenvalue weighted by Crippen LogP contribution is 2.25. The maximum Gasteiger partial charge on any atom is 0.237 e. The Hall–Kier alpha value is -1.24. The number of sulfonamides is 1. The highest BCUT2D eigenvalue weighted by Gasteiger charge is 2.38. The second kappa shape index (κ2) is 7.56. The smallest absolute Gasteiger partial charge is 0.237 e. The molecule has 2 rings (SSSR count). The molecule has 0 bridgehead atoms. The Bertz CT molecular complexity index is 638. The van der Waals surface area contributed by atoms with E-state index < -0.39 is 27.5 Å². The number of halogens is 1. The van der Waals surface area contributed by atoms with Gasteiger partial charge in [-0.3, -0.25) is 4.79 Å². The normalized spacial score (nSPS) is 27.4. The van der Waals surface area contributed by atoms with Gasteiger partial charge in [0.25, 0.3) is 0 Å². The maximum absolute atomic E-state index is 13.4. The number of likely N-dealkylation sites (tertiary alicyclic amines) is 1. The second-order valence-electron chi connectivity index (χ2n) is 7.43. The number of alkyl halides is 1. The third-order valence-corrected chi connectivity index (χ3v) is 7.44. The van der Waals surface area contributed by atoms with Crippen LogP contribution in [0.4, 0.5) is 4.39 Å². The van der Waals surface area contributed by atoms with Gasteiger partial charge in [0.15, 0.2) is 0 Å². The first kappa shape index (κ1) is 20.1. The van der Waals surface area contributed by atoms with E-state index in [1.165, 1.54) is 9.21 Å². The van der Waals surface area contributed by atoms with Gasteiger partial charge in [-0.2, -0.15) is 5.26 Å². The fourth-order valence-corrected chi connectivity index (χ4v) is 4.57. The fraction of sp³-hybridized carbons (Fsp3) is 0.875. The number of carbonyl (C=O) groups excluding carboxylic acids is 1. The topological polar surface area (TPSA) is 93.5 Å². The summed E-state index contributed by atoms with van der Waals surface area (Å²) in [5.74, 6) is -0.287. The van der Waals surface area contributed by atoms with Crippen LogP contribution in [0, 0.1) is 11.3 Å². The average molecular weight is 374 g/mol. The predicted octanol–water partition coefficient (Wildman–Crippen LogP) is 0.631. The molecule has 9 heteroatoms. The molecule has 25 heavy (non-hydrogen) atoms. The van der Waals surface area contributed by atoms with Crippen molar-refractivity contribution in [3.05, 3.63) is 0 Å². The molecule has 0 aromatic rings. The van der Waals surface area contributed by atoms with E-state index in [4.69, 9.17) is 5.26 Å². The number of carbonyl (C=O) groups is 1. The molecule has 2 aliphatic rings. The summed E-state index contributed by atoms with van der Waals surface area (Å²) in [6.07, 6.45) is 0.120. The quantitative estimate of drug-likeness (QED) is 0.762. The van der Waals surface area contributed by atoms with Crippen molar-refractivity contribution < 1.29 is 17.6 Å². The average Bonchev–Trinajstić information content (AvgIpc) is 2.94. The molecule has 0 saturated carbocycles. The molecule has 2 fully saturated rings. The summed E-state index contributed by atoms with van der Waals surface area (Å²) in [5, 5.41) is 11.8. The zero-order valence-electron chi connectivity index (χ0n) is 15.0. The van der Waals surface area contributed by atoms with Crippen LogP contribution in [-0.2, 0) is 14.8 Å². The van der Waals surface area contributed by atoms with Crippen LogP contribution in [0.1, 0.15) is 40.0 Å². The molecule has 0 aliphatic carbocycles. The van der Waals surface area contributed by atoms with Gasteiger partial charge in [-0.25, -0.2) is 17.1 Å². The number of amides is 1. The number of nitriles is 1. The minimum atomic E-state index is -3.26. The van der Waals surface area contributed by atoms with E-state index in [9.17, 15) is 17.6 Å². The first-order valence-electron chi connectivity index (χ1n) is 8.66. The van der Waals surface area contributed by atoms with Crippen molar-refractivity contribution in [3.8, 4) is 6.07 Å². The van der Waals surface area contributed by atoms with Gasteiger partial charge >= 0.3 is 0 Å². The molecule has 0 radical (unpaired) electrons. The van der Waals surface area contributed by atoms with E-state index in [1.54, 1.807) is 13.8 Å². The maximum atomic E-state index is 13.4. The lowest BCUT2D eigenvalue weighted by atomic mass is 9.90. The van der Waals surface area contributed by atoms with Crippen molar-refractivity contribution in [1.29, 1.82) is 5.26 Å². The molecule has 7 nitrogen and oxygen atoms in total. The number of nitrogens with zero attached hydrogens (tertiary/aromatic N) is 3. The summed E-state index contributed by atoms with van der Waals surface area (Å²) in [7, 11) is -3.26. The summed E-state index contributed by atoms with van der Waals surface area (Å²) in [6.45, 7) is 6.11. The lowest BCUT2D eigenvalue weighted by Gasteiger charge is -2.40. The Balaban J connectivity index is 1.88. The van der Waals surface area contributed by atoms with Gasteiger partial charge in [0.1, 0.15) is 12.2 Å². The van der Waals surface area contributed by atoms with Crippen LogP contribution in [0.3, 0.4) is 0 Å². The molecule has 2 atom stereocenters. The molecule has 0 unspecified atom stereocenters. The summed E-state index contributed by atoms with van der Waals surface area (Å²) < 4.78 is 39.4. The van der Waals surface area contributed by atoms with Crippen molar-refractivity contribution in [3.63, 3.8) is 0 Å². The molecule has 1 amide bonds. The van der Waals surface area contributed by atoms with Gasteiger partial charge in [0, 0.05) is 25.0 Å². The SMILES string of the molecule is CC(C)S(=O)(=O)N1CCC(C)(NCC(=O)N2C[C@@H](F)C[C@H]2C#N)CC1. The third-order valence-electron chi connectivity index (χ3n) is 5.17. The minimum Gasteiger partial charge on any atom is -0.323 e. The molecule has 0 aromatic heterocycles. The Kier molecular flexibility index (Phi) is 6.07. The Morgan fingerprint density at radius 1 is 1.40 bits per heavy atom. The molecular weight excluding hydrogens is 347 g/mol. The molecule has 142 valence electrons.